The summed E-state index contributed by atoms with van der Waals surface area (Å²) in [5, 5.41) is 3.48. The first-order chi connectivity index (χ1) is 15.3. The van der Waals surface area contributed by atoms with Crippen LogP contribution in [0.5, 0.6) is 0 Å². The van der Waals surface area contributed by atoms with Crippen LogP contribution in [0, 0.1) is 5.92 Å². The molecule has 4 rings (SSSR count). The summed E-state index contributed by atoms with van der Waals surface area (Å²) in [6.07, 6.45) is 4.85. The molecule has 1 N–H and O–H groups in total. The molecule has 3 atom stereocenters. The van der Waals surface area contributed by atoms with Gasteiger partial charge in [0.1, 0.15) is 6.04 Å². The van der Waals surface area contributed by atoms with Gasteiger partial charge in [0.2, 0.25) is 11.8 Å². The highest BCUT2D eigenvalue weighted by Gasteiger charge is 2.47. The Morgan fingerprint density at radius 3 is 2.47 bits per heavy atom. The molecular formula is C25H28ClN3O3. The molecule has 6 nitrogen and oxygen atoms in total. The molecule has 32 heavy (non-hydrogen) atoms. The lowest BCUT2D eigenvalue weighted by Crippen LogP contribution is -2.47. The van der Waals surface area contributed by atoms with E-state index in [1.165, 1.54) is 6.92 Å². The monoisotopic (exact) mass is 453 g/mol. The van der Waals surface area contributed by atoms with E-state index >= 15 is 0 Å². The van der Waals surface area contributed by atoms with Gasteiger partial charge in [-0.15, -0.1) is 0 Å². The van der Waals surface area contributed by atoms with Crippen LogP contribution in [-0.2, 0) is 9.59 Å². The zero-order chi connectivity index (χ0) is 22.8. The summed E-state index contributed by atoms with van der Waals surface area (Å²) in [6, 6.07) is 13.6. The number of carbonyl (C=O) groups excluding carboxylic acids is 3. The van der Waals surface area contributed by atoms with E-state index in [1.807, 2.05) is 0 Å². The second-order valence-electron chi connectivity index (χ2n) is 8.70. The van der Waals surface area contributed by atoms with Crippen LogP contribution in [0.4, 0.5) is 11.4 Å². The Labute approximate surface area is 193 Å². The molecule has 1 saturated heterocycles. The van der Waals surface area contributed by atoms with Crippen molar-refractivity contribution in [2.24, 2.45) is 5.92 Å². The number of carbonyl (C=O) groups is 3. The standard InChI is InChI=1S/C25H28ClN3O3/c1-16(30)28(2)21-12-10-20(11-13-21)27-24(31)23-15-17-6-3-4-9-22(17)29(23)25(32)18-7-5-8-19(26)14-18/h5,7-8,10-14,17,22-23H,3-4,6,9,15H2,1-2H3,(H,27,31). The Morgan fingerprint density at radius 1 is 1.06 bits per heavy atom. The van der Waals surface area contributed by atoms with Crippen molar-refractivity contribution in [2.75, 3.05) is 17.3 Å². The third kappa shape index (κ3) is 4.51. The first kappa shape index (κ1) is 22.3. The molecule has 2 aliphatic rings. The van der Waals surface area contributed by atoms with Gasteiger partial charge in [0.15, 0.2) is 0 Å². The molecule has 2 aromatic rings. The van der Waals surface area contributed by atoms with Crippen molar-refractivity contribution < 1.29 is 14.4 Å². The number of rotatable bonds is 4. The number of halogens is 1. The van der Waals surface area contributed by atoms with Crippen LogP contribution >= 0.6 is 11.6 Å². The summed E-state index contributed by atoms with van der Waals surface area (Å²) >= 11 is 6.12. The summed E-state index contributed by atoms with van der Waals surface area (Å²) in [7, 11) is 1.70. The van der Waals surface area contributed by atoms with E-state index in [0.717, 1.165) is 31.4 Å². The average Bonchev–Trinajstić information content (AvgIpc) is 3.18. The minimum Gasteiger partial charge on any atom is -0.324 e. The van der Waals surface area contributed by atoms with Gasteiger partial charge in [0, 0.05) is 42.0 Å². The van der Waals surface area contributed by atoms with Crippen molar-refractivity contribution >= 4 is 40.7 Å². The molecule has 3 amide bonds. The normalized spacial score (nSPS) is 22.2. The number of fused-ring (bicyclic) bond motifs is 1. The van der Waals surface area contributed by atoms with Crippen LogP contribution in [-0.4, -0.2) is 41.8 Å². The van der Waals surface area contributed by atoms with Gasteiger partial charge in [-0.25, -0.2) is 0 Å². The van der Waals surface area contributed by atoms with Gasteiger partial charge >= 0.3 is 0 Å². The predicted molar refractivity (Wildman–Crippen MR) is 126 cm³/mol. The quantitative estimate of drug-likeness (QED) is 0.727. The molecule has 2 fully saturated rings. The summed E-state index contributed by atoms with van der Waals surface area (Å²) in [5.41, 5.74) is 1.90. The van der Waals surface area contributed by atoms with Gasteiger partial charge in [0.05, 0.1) is 0 Å². The van der Waals surface area contributed by atoms with Crippen molar-refractivity contribution in [2.45, 2.75) is 51.1 Å². The number of benzene rings is 2. The second-order valence-corrected chi connectivity index (χ2v) is 9.14. The minimum absolute atomic E-state index is 0.0643. The summed E-state index contributed by atoms with van der Waals surface area (Å²) < 4.78 is 0. The summed E-state index contributed by atoms with van der Waals surface area (Å²) in [6.45, 7) is 1.50. The van der Waals surface area contributed by atoms with E-state index in [1.54, 1.807) is 65.4 Å². The minimum atomic E-state index is -0.519. The van der Waals surface area contributed by atoms with Gasteiger partial charge < -0.3 is 15.1 Å². The number of hydrogen-bond donors (Lipinski definition) is 1. The van der Waals surface area contributed by atoms with Gasteiger partial charge in [-0.05, 0) is 67.6 Å². The molecule has 1 heterocycles. The van der Waals surface area contributed by atoms with Crippen molar-refractivity contribution in [3.05, 3.63) is 59.1 Å². The fourth-order valence-electron chi connectivity index (χ4n) is 4.93. The molecule has 1 aliphatic heterocycles. The van der Waals surface area contributed by atoms with Gasteiger partial charge in [0.25, 0.3) is 5.91 Å². The zero-order valence-electron chi connectivity index (χ0n) is 18.4. The highest BCUT2D eigenvalue weighted by Crippen LogP contribution is 2.41. The molecule has 2 aromatic carbocycles. The molecule has 0 radical (unpaired) electrons. The number of nitrogens with zero attached hydrogens (tertiary/aromatic N) is 2. The molecule has 7 heteroatoms. The molecule has 168 valence electrons. The van der Waals surface area contributed by atoms with Crippen LogP contribution in [0.3, 0.4) is 0 Å². The number of likely N-dealkylation sites (tertiary alicyclic amines) is 1. The van der Waals surface area contributed by atoms with Crippen molar-refractivity contribution in [3.8, 4) is 0 Å². The van der Waals surface area contributed by atoms with Crippen LogP contribution < -0.4 is 10.2 Å². The molecule has 1 saturated carbocycles. The topological polar surface area (TPSA) is 69.7 Å². The Hall–Kier alpha value is -2.86. The Bertz CT molecular complexity index is 1020. The van der Waals surface area contributed by atoms with E-state index in [9.17, 15) is 14.4 Å². The second kappa shape index (κ2) is 9.33. The smallest absolute Gasteiger partial charge is 0.254 e. The van der Waals surface area contributed by atoms with Gasteiger partial charge in [-0.1, -0.05) is 30.5 Å². The van der Waals surface area contributed by atoms with Crippen LogP contribution in [0.25, 0.3) is 0 Å². The van der Waals surface area contributed by atoms with Crippen molar-refractivity contribution in [1.82, 2.24) is 4.90 Å². The lowest BCUT2D eigenvalue weighted by atomic mass is 9.84. The highest BCUT2D eigenvalue weighted by molar-refractivity contribution is 6.31. The molecule has 0 aromatic heterocycles. The third-order valence-corrected chi connectivity index (χ3v) is 6.93. The van der Waals surface area contributed by atoms with Gasteiger partial charge in [-0.3, -0.25) is 14.4 Å². The predicted octanol–water partition coefficient (Wildman–Crippen LogP) is 4.73. The largest absolute Gasteiger partial charge is 0.324 e. The Balaban J connectivity index is 1.55. The lowest BCUT2D eigenvalue weighted by molar-refractivity contribution is -0.120. The fourth-order valence-corrected chi connectivity index (χ4v) is 5.12. The summed E-state index contributed by atoms with van der Waals surface area (Å²) in [5.74, 6) is -0.0392. The zero-order valence-corrected chi connectivity index (χ0v) is 19.1. The van der Waals surface area contributed by atoms with Crippen LogP contribution in [0.15, 0.2) is 48.5 Å². The lowest BCUT2D eigenvalue weighted by Gasteiger charge is -2.33. The third-order valence-electron chi connectivity index (χ3n) is 6.69. The fraction of sp³-hybridized carbons (Fsp3) is 0.400. The Kier molecular flexibility index (Phi) is 6.51. The highest BCUT2D eigenvalue weighted by atomic mass is 35.5. The van der Waals surface area contributed by atoms with E-state index in [0.29, 0.717) is 28.6 Å². The van der Waals surface area contributed by atoms with E-state index in [4.69, 9.17) is 11.6 Å². The summed E-state index contributed by atoms with van der Waals surface area (Å²) in [4.78, 5) is 41.6. The first-order valence-corrected chi connectivity index (χ1v) is 11.5. The molecule has 0 bridgehead atoms. The maximum absolute atomic E-state index is 13.5. The first-order valence-electron chi connectivity index (χ1n) is 11.1. The van der Waals surface area contributed by atoms with Crippen molar-refractivity contribution in [1.29, 1.82) is 0 Å². The van der Waals surface area contributed by atoms with E-state index < -0.39 is 6.04 Å². The van der Waals surface area contributed by atoms with Crippen molar-refractivity contribution in [3.63, 3.8) is 0 Å². The average molecular weight is 454 g/mol. The SMILES string of the molecule is CC(=O)N(C)c1ccc(NC(=O)C2CC3CCCCC3N2C(=O)c2cccc(Cl)c2)cc1. The molecule has 3 unspecified atom stereocenters. The van der Waals surface area contributed by atoms with Crippen LogP contribution in [0.2, 0.25) is 5.02 Å². The molecule has 0 spiro atoms. The number of anilines is 2. The maximum atomic E-state index is 13.5. The molecular weight excluding hydrogens is 426 g/mol. The number of nitrogens with one attached hydrogen (secondary N) is 1. The maximum Gasteiger partial charge on any atom is 0.254 e. The number of hydrogen-bond acceptors (Lipinski definition) is 3. The van der Waals surface area contributed by atoms with E-state index in [-0.39, 0.29) is 23.8 Å². The number of amides is 3. The Morgan fingerprint density at radius 2 is 1.78 bits per heavy atom. The molecule has 1 aliphatic carbocycles. The van der Waals surface area contributed by atoms with Gasteiger partial charge in [-0.2, -0.15) is 0 Å². The van der Waals surface area contributed by atoms with Crippen LogP contribution in [0.1, 0.15) is 49.4 Å². The van der Waals surface area contributed by atoms with E-state index in [2.05, 4.69) is 5.32 Å².